The summed E-state index contributed by atoms with van der Waals surface area (Å²) >= 11 is 0. The van der Waals surface area contributed by atoms with E-state index in [1.54, 1.807) is 10.4 Å². The van der Waals surface area contributed by atoms with Crippen LogP contribution in [0.4, 0.5) is 0 Å². The Morgan fingerprint density at radius 2 is 1.96 bits per heavy atom. The number of hydrogen-bond donors (Lipinski definition) is 1. The van der Waals surface area contributed by atoms with Crippen molar-refractivity contribution in [3.05, 3.63) is 29.3 Å². The molecule has 0 radical (unpaired) electrons. The highest BCUT2D eigenvalue weighted by Crippen LogP contribution is 2.21. The highest BCUT2D eigenvalue weighted by molar-refractivity contribution is 7.89. The summed E-state index contributed by atoms with van der Waals surface area (Å²) in [5, 5.41) is 0. The molecule has 6 heteroatoms. The first kappa shape index (κ1) is 17.9. The minimum absolute atomic E-state index is 0.357. The van der Waals surface area contributed by atoms with Crippen molar-refractivity contribution in [2.45, 2.75) is 44.1 Å². The van der Waals surface area contributed by atoms with E-state index in [0.29, 0.717) is 24.1 Å². The molecule has 2 aliphatic heterocycles. The van der Waals surface area contributed by atoms with Gasteiger partial charge in [-0.1, -0.05) is 12.1 Å². The molecular formula is C18H29N2O3S+. The van der Waals surface area contributed by atoms with Crippen LogP contribution >= 0.6 is 0 Å². The number of aryl methyl sites for hydroxylation is 2. The second kappa shape index (κ2) is 7.52. The molecule has 134 valence electrons. The maximum Gasteiger partial charge on any atom is 0.243 e. The molecule has 1 atom stereocenters. The molecule has 1 aromatic carbocycles. The minimum atomic E-state index is -3.38. The van der Waals surface area contributed by atoms with E-state index in [4.69, 9.17) is 4.74 Å². The molecule has 0 aromatic heterocycles. The molecule has 0 amide bonds. The zero-order valence-electron chi connectivity index (χ0n) is 14.8. The van der Waals surface area contributed by atoms with Gasteiger partial charge in [0.1, 0.15) is 12.6 Å². The van der Waals surface area contributed by atoms with Gasteiger partial charge < -0.3 is 9.64 Å². The molecule has 5 nitrogen and oxygen atoms in total. The van der Waals surface area contributed by atoms with Crippen molar-refractivity contribution in [3.63, 3.8) is 0 Å². The lowest BCUT2D eigenvalue weighted by atomic mass is 10.1. The second-order valence-electron chi connectivity index (χ2n) is 7.12. The summed E-state index contributed by atoms with van der Waals surface area (Å²) < 4.78 is 33.4. The summed E-state index contributed by atoms with van der Waals surface area (Å²) in [6.45, 7) is 8.62. The Hall–Kier alpha value is -0.950. The zero-order chi connectivity index (χ0) is 17.2. The Kier molecular flexibility index (Phi) is 5.59. The summed E-state index contributed by atoms with van der Waals surface area (Å²) in [4.78, 5) is 1.93. The molecular weight excluding hydrogens is 324 g/mol. The predicted octanol–water partition coefficient (Wildman–Crippen LogP) is 0.762. The third kappa shape index (κ3) is 3.99. The van der Waals surface area contributed by atoms with E-state index >= 15 is 0 Å². The molecule has 0 unspecified atom stereocenters. The first-order valence-electron chi connectivity index (χ1n) is 8.99. The van der Waals surface area contributed by atoms with Gasteiger partial charge in [0.05, 0.1) is 31.1 Å². The van der Waals surface area contributed by atoms with Gasteiger partial charge in [0.2, 0.25) is 10.0 Å². The number of sulfonamides is 1. The van der Waals surface area contributed by atoms with Gasteiger partial charge in [-0.15, -0.1) is 0 Å². The average molecular weight is 354 g/mol. The van der Waals surface area contributed by atoms with Crippen molar-refractivity contribution in [2.75, 3.05) is 39.3 Å². The van der Waals surface area contributed by atoms with Crippen LogP contribution in [-0.2, 0) is 14.8 Å². The number of nitrogens with zero attached hydrogens (tertiary/aromatic N) is 1. The van der Waals surface area contributed by atoms with Crippen LogP contribution in [0, 0.1) is 13.8 Å². The fraction of sp³-hybridized carbons (Fsp3) is 0.667. The molecule has 3 rings (SSSR count). The quantitative estimate of drug-likeness (QED) is 0.870. The highest BCUT2D eigenvalue weighted by atomic mass is 32.2. The largest absolute Gasteiger partial charge is 0.372 e. The number of benzene rings is 1. The molecule has 0 spiro atoms. The van der Waals surface area contributed by atoms with E-state index in [1.165, 1.54) is 17.7 Å². The standard InChI is InChI=1S/C18H28N2O3S/c1-15-6-7-16(2)18(13-15)24(21,22)20-10-8-19(9-11-20)14-17-5-3-4-12-23-17/h6-7,13,17H,3-5,8-12,14H2,1-2H3/p+1/t17-/m1/s1. The zero-order valence-corrected chi connectivity index (χ0v) is 15.6. The van der Waals surface area contributed by atoms with Crippen LogP contribution in [-0.4, -0.2) is 58.2 Å². The van der Waals surface area contributed by atoms with Crippen molar-refractivity contribution in [3.8, 4) is 0 Å². The summed E-state index contributed by atoms with van der Waals surface area (Å²) in [5.41, 5.74) is 1.81. The molecule has 0 saturated carbocycles. The number of rotatable bonds is 4. The van der Waals surface area contributed by atoms with Gasteiger partial charge in [-0.2, -0.15) is 4.31 Å². The normalized spacial score (nSPS) is 24.2. The topological polar surface area (TPSA) is 51.0 Å². The Morgan fingerprint density at radius 1 is 1.21 bits per heavy atom. The van der Waals surface area contributed by atoms with Crippen LogP contribution < -0.4 is 4.90 Å². The van der Waals surface area contributed by atoms with E-state index < -0.39 is 10.0 Å². The van der Waals surface area contributed by atoms with E-state index in [2.05, 4.69) is 0 Å². The molecule has 1 N–H and O–H groups in total. The van der Waals surface area contributed by atoms with Gasteiger partial charge in [-0.3, -0.25) is 0 Å². The Bertz CT molecular complexity index is 661. The third-order valence-electron chi connectivity index (χ3n) is 5.18. The van der Waals surface area contributed by atoms with Crippen molar-refractivity contribution in [1.29, 1.82) is 0 Å². The maximum atomic E-state index is 12.9. The number of nitrogens with one attached hydrogen (secondary N) is 1. The van der Waals surface area contributed by atoms with Crippen molar-refractivity contribution in [1.82, 2.24) is 4.31 Å². The summed E-state index contributed by atoms with van der Waals surface area (Å²) in [6.07, 6.45) is 3.93. The summed E-state index contributed by atoms with van der Waals surface area (Å²) in [7, 11) is -3.38. The van der Waals surface area contributed by atoms with Gasteiger partial charge in [-0.05, 0) is 50.3 Å². The molecule has 2 fully saturated rings. The number of ether oxygens (including phenoxy) is 1. The first-order chi connectivity index (χ1) is 11.5. The van der Waals surface area contributed by atoms with Crippen LogP contribution in [0.15, 0.2) is 23.1 Å². The third-order valence-corrected chi connectivity index (χ3v) is 7.22. The molecule has 0 bridgehead atoms. The number of quaternary nitrogens is 1. The lowest BCUT2D eigenvalue weighted by molar-refractivity contribution is -0.907. The lowest BCUT2D eigenvalue weighted by Gasteiger charge is -2.34. The van der Waals surface area contributed by atoms with Crippen molar-refractivity contribution < 1.29 is 18.1 Å². The summed E-state index contributed by atoms with van der Waals surface area (Å²) in [6, 6.07) is 5.64. The van der Waals surface area contributed by atoms with E-state index in [-0.39, 0.29) is 0 Å². The van der Waals surface area contributed by atoms with Crippen molar-refractivity contribution in [2.24, 2.45) is 0 Å². The average Bonchev–Trinajstić information content (AvgIpc) is 2.58. The van der Waals surface area contributed by atoms with E-state index in [1.807, 2.05) is 26.0 Å². The minimum Gasteiger partial charge on any atom is -0.372 e. The molecule has 2 heterocycles. The van der Waals surface area contributed by atoms with Gasteiger partial charge in [0, 0.05) is 6.61 Å². The summed E-state index contributed by atoms with van der Waals surface area (Å²) in [5.74, 6) is 0. The molecule has 0 aliphatic carbocycles. The molecule has 24 heavy (non-hydrogen) atoms. The van der Waals surface area contributed by atoms with Crippen LogP contribution in [0.1, 0.15) is 30.4 Å². The molecule has 2 saturated heterocycles. The second-order valence-corrected chi connectivity index (χ2v) is 9.02. The van der Waals surface area contributed by atoms with Gasteiger partial charge in [-0.25, -0.2) is 8.42 Å². The molecule has 1 aromatic rings. The van der Waals surface area contributed by atoms with Gasteiger partial charge in [0.25, 0.3) is 0 Å². The Balaban J connectivity index is 1.62. The predicted molar refractivity (Wildman–Crippen MR) is 93.8 cm³/mol. The monoisotopic (exact) mass is 353 g/mol. The Morgan fingerprint density at radius 3 is 2.62 bits per heavy atom. The van der Waals surface area contributed by atoms with E-state index in [0.717, 1.165) is 43.8 Å². The van der Waals surface area contributed by atoms with Crippen LogP contribution in [0.3, 0.4) is 0 Å². The Labute approximate surface area is 145 Å². The van der Waals surface area contributed by atoms with Crippen LogP contribution in [0.25, 0.3) is 0 Å². The SMILES string of the molecule is Cc1ccc(C)c(S(=O)(=O)N2CC[NH+](C[C@H]3CCCCO3)CC2)c1. The number of hydrogen-bond acceptors (Lipinski definition) is 3. The van der Waals surface area contributed by atoms with Gasteiger partial charge >= 0.3 is 0 Å². The van der Waals surface area contributed by atoms with Crippen LogP contribution in [0.2, 0.25) is 0 Å². The molecule has 2 aliphatic rings. The fourth-order valence-electron chi connectivity index (χ4n) is 3.66. The van der Waals surface area contributed by atoms with Crippen molar-refractivity contribution >= 4 is 10.0 Å². The van der Waals surface area contributed by atoms with E-state index in [9.17, 15) is 8.42 Å². The number of piperazine rings is 1. The van der Waals surface area contributed by atoms with Gasteiger partial charge in [0.15, 0.2) is 0 Å². The highest BCUT2D eigenvalue weighted by Gasteiger charge is 2.32. The first-order valence-corrected chi connectivity index (χ1v) is 10.4. The fourth-order valence-corrected chi connectivity index (χ4v) is 5.41. The van der Waals surface area contributed by atoms with Crippen LogP contribution in [0.5, 0.6) is 0 Å². The smallest absolute Gasteiger partial charge is 0.243 e. The lowest BCUT2D eigenvalue weighted by Crippen LogP contribution is -3.15. The maximum absolute atomic E-state index is 12.9.